The largest absolute Gasteiger partial charge is 0.385 e. The third-order valence-electron chi connectivity index (χ3n) is 0.911. The molecule has 0 saturated carbocycles. The predicted molar refractivity (Wildman–Crippen MR) is 34.4 cm³/mol. The molecule has 0 radical (unpaired) electrons. The summed E-state index contributed by atoms with van der Waals surface area (Å²) in [6.45, 7) is 2.28. The number of aliphatic hydroxyl groups is 1. The molecule has 0 aliphatic rings. The fourth-order valence-electron chi connectivity index (χ4n) is 0.664. The molecule has 0 aromatic carbocycles. The van der Waals surface area contributed by atoms with Crippen molar-refractivity contribution in [3.05, 3.63) is 0 Å². The predicted octanol–water partition coefficient (Wildman–Crippen LogP) is 0.0302. The number of hydrogen-bond donors (Lipinski definition) is 1. The van der Waals surface area contributed by atoms with E-state index in [4.69, 9.17) is 9.47 Å². The molecule has 0 amide bonds. The van der Waals surface area contributed by atoms with Gasteiger partial charge in [0, 0.05) is 14.2 Å². The highest BCUT2D eigenvalue weighted by Gasteiger charge is 2.18. The SMILES string of the molecule is COCC(C)(O)COC. The van der Waals surface area contributed by atoms with Crippen LogP contribution in [0.15, 0.2) is 0 Å². The van der Waals surface area contributed by atoms with E-state index >= 15 is 0 Å². The van der Waals surface area contributed by atoms with Crippen LogP contribution in [-0.4, -0.2) is 38.1 Å². The molecule has 0 spiro atoms. The van der Waals surface area contributed by atoms with Gasteiger partial charge in [0.2, 0.25) is 0 Å². The Hall–Kier alpha value is -0.120. The van der Waals surface area contributed by atoms with Gasteiger partial charge < -0.3 is 14.6 Å². The first-order valence-electron chi connectivity index (χ1n) is 2.82. The zero-order chi connectivity index (χ0) is 7.33. The molecule has 56 valence electrons. The first kappa shape index (κ1) is 8.88. The monoisotopic (exact) mass is 134 g/mol. The summed E-state index contributed by atoms with van der Waals surface area (Å²) in [6, 6.07) is 0. The van der Waals surface area contributed by atoms with Crippen LogP contribution in [0.3, 0.4) is 0 Å². The van der Waals surface area contributed by atoms with Crippen molar-refractivity contribution in [2.45, 2.75) is 12.5 Å². The van der Waals surface area contributed by atoms with Crippen molar-refractivity contribution >= 4 is 0 Å². The van der Waals surface area contributed by atoms with E-state index in [2.05, 4.69) is 0 Å². The lowest BCUT2D eigenvalue weighted by Crippen LogP contribution is -2.35. The summed E-state index contributed by atoms with van der Waals surface area (Å²) >= 11 is 0. The highest BCUT2D eigenvalue weighted by atomic mass is 16.5. The zero-order valence-corrected chi connectivity index (χ0v) is 6.18. The maximum absolute atomic E-state index is 9.26. The highest BCUT2D eigenvalue weighted by Crippen LogP contribution is 2.02. The molecule has 0 aromatic heterocycles. The second-order valence-corrected chi connectivity index (χ2v) is 2.36. The third-order valence-corrected chi connectivity index (χ3v) is 0.911. The zero-order valence-electron chi connectivity index (χ0n) is 6.18. The van der Waals surface area contributed by atoms with E-state index in [1.807, 2.05) is 0 Å². The van der Waals surface area contributed by atoms with Crippen LogP contribution < -0.4 is 0 Å². The van der Waals surface area contributed by atoms with Gasteiger partial charge in [0.15, 0.2) is 0 Å². The minimum atomic E-state index is -0.844. The summed E-state index contributed by atoms with van der Waals surface area (Å²) in [5.74, 6) is 0. The summed E-state index contributed by atoms with van der Waals surface area (Å²) in [5.41, 5.74) is -0.844. The molecule has 0 bridgehead atoms. The van der Waals surface area contributed by atoms with Crippen LogP contribution in [0.2, 0.25) is 0 Å². The Labute approximate surface area is 55.6 Å². The molecular formula is C6H14O3. The van der Waals surface area contributed by atoms with E-state index in [0.29, 0.717) is 13.2 Å². The molecule has 0 aliphatic heterocycles. The van der Waals surface area contributed by atoms with E-state index in [1.165, 1.54) is 0 Å². The Kier molecular flexibility index (Phi) is 3.77. The van der Waals surface area contributed by atoms with Crippen LogP contribution in [-0.2, 0) is 9.47 Å². The maximum atomic E-state index is 9.26. The smallest absolute Gasteiger partial charge is 0.108 e. The first-order valence-corrected chi connectivity index (χ1v) is 2.82. The second-order valence-electron chi connectivity index (χ2n) is 2.36. The van der Waals surface area contributed by atoms with Gasteiger partial charge in [0.25, 0.3) is 0 Å². The third kappa shape index (κ3) is 4.39. The van der Waals surface area contributed by atoms with Gasteiger partial charge >= 0.3 is 0 Å². The van der Waals surface area contributed by atoms with Crippen LogP contribution in [0.1, 0.15) is 6.92 Å². The number of hydrogen-bond acceptors (Lipinski definition) is 3. The molecule has 0 unspecified atom stereocenters. The molecule has 9 heavy (non-hydrogen) atoms. The Bertz CT molecular complexity index is 62.7. The van der Waals surface area contributed by atoms with E-state index in [0.717, 1.165) is 0 Å². The van der Waals surface area contributed by atoms with Crippen molar-refractivity contribution in [2.75, 3.05) is 27.4 Å². The highest BCUT2D eigenvalue weighted by molar-refractivity contribution is 4.69. The lowest BCUT2D eigenvalue weighted by Gasteiger charge is -2.20. The summed E-state index contributed by atoms with van der Waals surface area (Å²) < 4.78 is 9.46. The molecule has 0 rings (SSSR count). The normalized spacial score (nSPS) is 12.0. The topological polar surface area (TPSA) is 38.7 Å². The fraction of sp³-hybridized carbons (Fsp3) is 1.00. The standard InChI is InChI=1S/C6H14O3/c1-6(7,4-8-2)5-9-3/h7H,4-5H2,1-3H3. The summed E-state index contributed by atoms with van der Waals surface area (Å²) in [4.78, 5) is 0. The fourth-order valence-corrected chi connectivity index (χ4v) is 0.664. The van der Waals surface area contributed by atoms with Crippen LogP contribution in [0.4, 0.5) is 0 Å². The minimum absolute atomic E-state index is 0.306. The Balaban J connectivity index is 3.43. The molecule has 0 aromatic rings. The molecule has 0 atom stereocenters. The minimum Gasteiger partial charge on any atom is -0.385 e. The van der Waals surface area contributed by atoms with Gasteiger partial charge in [0.05, 0.1) is 13.2 Å². The van der Waals surface area contributed by atoms with Crippen LogP contribution in [0, 0.1) is 0 Å². The lowest BCUT2D eigenvalue weighted by molar-refractivity contribution is -0.0641. The van der Waals surface area contributed by atoms with Crippen molar-refractivity contribution in [3.8, 4) is 0 Å². The summed E-state index contributed by atoms with van der Waals surface area (Å²) in [5, 5.41) is 9.26. The Morgan fingerprint density at radius 2 is 1.56 bits per heavy atom. The number of rotatable bonds is 4. The van der Waals surface area contributed by atoms with Crippen molar-refractivity contribution < 1.29 is 14.6 Å². The Morgan fingerprint density at radius 1 is 1.22 bits per heavy atom. The van der Waals surface area contributed by atoms with Crippen LogP contribution in [0.5, 0.6) is 0 Å². The number of ether oxygens (including phenoxy) is 2. The molecule has 3 nitrogen and oxygen atoms in total. The first-order chi connectivity index (χ1) is 4.12. The van der Waals surface area contributed by atoms with Gasteiger partial charge in [-0.15, -0.1) is 0 Å². The molecular weight excluding hydrogens is 120 g/mol. The maximum Gasteiger partial charge on any atom is 0.108 e. The molecule has 0 heterocycles. The Morgan fingerprint density at radius 3 is 1.78 bits per heavy atom. The lowest BCUT2D eigenvalue weighted by atomic mass is 10.1. The molecule has 1 N–H and O–H groups in total. The average molecular weight is 134 g/mol. The van der Waals surface area contributed by atoms with Gasteiger partial charge in [-0.2, -0.15) is 0 Å². The van der Waals surface area contributed by atoms with Crippen molar-refractivity contribution in [2.24, 2.45) is 0 Å². The van der Waals surface area contributed by atoms with E-state index < -0.39 is 5.60 Å². The van der Waals surface area contributed by atoms with Crippen molar-refractivity contribution in [1.82, 2.24) is 0 Å². The van der Waals surface area contributed by atoms with Crippen molar-refractivity contribution in [3.63, 3.8) is 0 Å². The van der Waals surface area contributed by atoms with Crippen LogP contribution >= 0.6 is 0 Å². The van der Waals surface area contributed by atoms with E-state index in [9.17, 15) is 5.11 Å². The van der Waals surface area contributed by atoms with Gasteiger partial charge in [-0.3, -0.25) is 0 Å². The molecule has 0 aliphatic carbocycles. The average Bonchev–Trinajstić information content (AvgIpc) is 1.64. The molecule has 0 fully saturated rings. The molecule has 0 saturated heterocycles. The van der Waals surface area contributed by atoms with E-state index in [1.54, 1.807) is 21.1 Å². The van der Waals surface area contributed by atoms with Crippen molar-refractivity contribution in [1.29, 1.82) is 0 Å². The van der Waals surface area contributed by atoms with Gasteiger partial charge in [-0.25, -0.2) is 0 Å². The molecule has 3 heteroatoms. The van der Waals surface area contributed by atoms with Crippen LogP contribution in [0.25, 0.3) is 0 Å². The van der Waals surface area contributed by atoms with Gasteiger partial charge in [0.1, 0.15) is 5.60 Å². The summed E-state index contributed by atoms with van der Waals surface area (Å²) in [7, 11) is 3.09. The summed E-state index contributed by atoms with van der Waals surface area (Å²) in [6.07, 6.45) is 0. The van der Waals surface area contributed by atoms with E-state index in [-0.39, 0.29) is 0 Å². The van der Waals surface area contributed by atoms with Gasteiger partial charge in [-0.05, 0) is 6.92 Å². The quantitative estimate of drug-likeness (QED) is 0.589. The second kappa shape index (κ2) is 3.82. The number of methoxy groups -OCH3 is 2. The van der Waals surface area contributed by atoms with Gasteiger partial charge in [-0.1, -0.05) is 0 Å².